The first-order valence-electron chi connectivity index (χ1n) is 5.86. The van der Waals surface area contributed by atoms with E-state index in [1.807, 2.05) is 12.5 Å². The predicted molar refractivity (Wildman–Crippen MR) is 66.6 cm³/mol. The second-order valence-electron chi connectivity index (χ2n) is 5.26. The lowest BCUT2D eigenvalue weighted by Gasteiger charge is -2.38. The maximum Gasteiger partial charge on any atom is 0.0948 e. The number of imidazole rings is 1. The summed E-state index contributed by atoms with van der Waals surface area (Å²) in [6.45, 7) is 5.81. The van der Waals surface area contributed by atoms with Crippen molar-refractivity contribution < 1.29 is 0 Å². The molecular formula is C12H20ClN3. The number of likely N-dealkylation sites (tertiary alicyclic amines) is 1. The summed E-state index contributed by atoms with van der Waals surface area (Å²) in [7, 11) is 2.20. The van der Waals surface area contributed by atoms with Gasteiger partial charge in [-0.25, -0.2) is 4.98 Å². The van der Waals surface area contributed by atoms with Crippen molar-refractivity contribution in [3.8, 4) is 0 Å². The van der Waals surface area contributed by atoms with Gasteiger partial charge in [0.05, 0.1) is 17.9 Å². The van der Waals surface area contributed by atoms with Crippen molar-refractivity contribution in [3.63, 3.8) is 0 Å². The number of alkyl halides is 1. The van der Waals surface area contributed by atoms with Gasteiger partial charge in [-0.2, -0.15) is 0 Å². The van der Waals surface area contributed by atoms with Crippen molar-refractivity contribution in [1.82, 2.24) is 14.5 Å². The first kappa shape index (κ1) is 11.9. The van der Waals surface area contributed by atoms with Crippen molar-refractivity contribution in [2.75, 3.05) is 20.1 Å². The molecule has 1 saturated heterocycles. The summed E-state index contributed by atoms with van der Waals surface area (Å²) in [6.07, 6.45) is 6.28. The summed E-state index contributed by atoms with van der Waals surface area (Å²) in [6, 6.07) is 0. The fourth-order valence-electron chi connectivity index (χ4n) is 2.33. The molecule has 1 fully saturated rings. The largest absolute Gasteiger partial charge is 0.333 e. The third-order valence-corrected chi connectivity index (χ3v) is 3.96. The zero-order valence-corrected chi connectivity index (χ0v) is 10.9. The lowest BCUT2D eigenvalue weighted by Crippen LogP contribution is -2.38. The Bertz CT molecular complexity index is 340. The Morgan fingerprint density at radius 2 is 2.12 bits per heavy atom. The van der Waals surface area contributed by atoms with Gasteiger partial charge in [-0.1, -0.05) is 6.92 Å². The Morgan fingerprint density at radius 3 is 2.75 bits per heavy atom. The molecule has 0 bridgehead atoms. The minimum atomic E-state index is 0.397. The van der Waals surface area contributed by atoms with Crippen LogP contribution in [0.3, 0.4) is 0 Å². The average Bonchev–Trinajstić information content (AvgIpc) is 2.70. The van der Waals surface area contributed by atoms with Crippen LogP contribution in [0.1, 0.15) is 25.5 Å². The third-order valence-electron chi connectivity index (χ3n) is 3.68. The second kappa shape index (κ2) is 4.76. The quantitative estimate of drug-likeness (QED) is 0.758. The summed E-state index contributed by atoms with van der Waals surface area (Å²) in [4.78, 5) is 6.57. The van der Waals surface area contributed by atoms with Gasteiger partial charge in [-0.15, -0.1) is 11.6 Å². The van der Waals surface area contributed by atoms with E-state index in [2.05, 4.69) is 28.4 Å². The molecule has 0 spiro atoms. The standard InChI is InChI=1S/C12H20ClN3/c1-12(3-5-15(2)6-4-12)9-16-10-14-8-11(16)7-13/h8,10H,3-7,9H2,1-2H3. The van der Waals surface area contributed by atoms with Crippen molar-refractivity contribution >= 4 is 11.6 Å². The van der Waals surface area contributed by atoms with Crippen LogP contribution in [0.25, 0.3) is 0 Å². The number of hydrogen-bond acceptors (Lipinski definition) is 2. The van der Waals surface area contributed by atoms with Gasteiger partial charge in [0.1, 0.15) is 0 Å². The molecule has 0 N–H and O–H groups in total. The Balaban J connectivity index is 2.03. The van der Waals surface area contributed by atoms with Crippen LogP contribution in [-0.2, 0) is 12.4 Å². The Morgan fingerprint density at radius 1 is 1.44 bits per heavy atom. The van der Waals surface area contributed by atoms with Crippen LogP contribution in [0.5, 0.6) is 0 Å². The van der Waals surface area contributed by atoms with E-state index >= 15 is 0 Å². The topological polar surface area (TPSA) is 21.1 Å². The molecule has 0 amide bonds. The minimum absolute atomic E-state index is 0.397. The predicted octanol–water partition coefficient (Wildman–Crippen LogP) is 2.35. The van der Waals surface area contributed by atoms with Crippen molar-refractivity contribution in [1.29, 1.82) is 0 Å². The minimum Gasteiger partial charge on any atom is -0.333 e. The monoisotopic (exact) mass is 241 g/mol. The van der Waals surface area contributed by atoms with E-state index < -0.39 is 0 Å². The molecule has 0 saturated carbocycles. The van der Waals surface area contributed by atoms with Gasteiger partial charge >= 0.3 is 0 Å². The number of piperidine rings is 1. The van der Waals surface area contributed by atoms with Crippen molar-refractivity contribution in [2.24, 2.45) is 5.41 Å². The van der Waals surface area contributed by atoms with Crippen LogP contribution in [0.15, 0.2) is 12.5 Å². The van der Waals surface area contributed by atoms with Gasteiger partial charge in [0.25, 0.3) is 0 Å². The van der Waals surface area contributed by atoms with Crippen LogP contribution >= 0.6 is 11.6 Å². The maximum atomic E-state index is 5.89. The van der Waals surface area contributed by atoms with Crippen LogP contribution in [0.2, 0.25) is 0 Å². The van der Waals surface area contributed by atoms with Gasteiger partial charge < -0.3 is 9.47 Å². The molecule has 0 unspecified atom stereocenters. The highest BCUT2D eigenvalue weighted by Gasteiger charge is 2.29. The van der Waals surface area contributed by atoms with E-state index in [-0.39, 0.29) is 0 Å². The first-order chi connectivity index (χ1) is 7.63. The Kier molecular flexibility index (Phi) is 3.55. The normalized spacial score (nSPS) is 21.2. The summed E-state index contributed by atoms with van der Waals surface area (Å²) >= 11 is 5.89. The zero-order chi connectivity index (χ0) is 11.6. The van der Waals surface area contributed by atoms with Crippen LogP contribution < -0.4 is 0 Å². The van der Waals surface area contributed by atoms with Gasteiger partial charge in [-0.05, 0) is 38.4 Å². The molecule has 1 aliphatic heterocycles. The maximum absolute atomic E-state index is 5.89. The average molecular weight is 242 g/mol. The zero-order valence-electron chi connectivity index (χ0n) is 10.1. The van der Waals surface area contributed by atoms with Crippen LogP contribution in [-0.4, -0.2) is 34.6 Å². The fraction of sp³-hybridized carbons (Fsp3) is 0.750. The number of nitrogens with zero attached hydrogens (tertiary/aromatic N) is 3. The van der Waals surface area contributed by atoms with Crippen molar-refractivity contribution in [3.05, 3.63) is 18.2 Å². The number of aromatic nitrogens is 2. The molecule has 1 aromatic heterocycles. The third kappa shape index (κ3) is 2.58. The second-order valence-corrected chi connectivity index (χ2v) is 5.53. The van der Waals surface area contributed by atoms with Crippen LogP contribution in [0, 0.1) is 5.41 Å². The number of hydrogen-bond donors (Lipinski definition) is 0. The molecule has 4 heteroatoms. The van der Waals surface area contributed by atoms with Crippen molar-refractivity contribution in [2.45, 2.75) is 32.2 Å². The highest BCUT2D eigenvalue weighted by atomic mass is 35.5. The van der Waals surface area contributed by atoms with E-state index in [1.165, 1.54) is 25.9 Å². The summed E-state index contributed by atoms with van der Waals surface area (Å²) in [5, 5.41) is 0. The lowest BCUT2D eigenvalue weighted by molar-refractivity contribution is 0.120. The molecular weight excluding hydrogens is 222 g/mol. The summed E-state index contributed by atoms with van der Waals surface area (Å²) < 4.78 is 2.21. The molecule has 2 rings (SSSR count). The molecule has 90 valence electrons. The number of halogens is 1. The van der Waals surface area contributed by atoms with Crippen LogP contribution in [0.4, 0.5) is 0 Å². The van der Waals surface area contributed by atoms with E-state index in [0.29, 0.717) is 11.3 Å². The van der Waals surface area contributed by atoms with E-state index in [4.69, 9.17) is 11.6 Å². The molecule has 3 nitrogen and oxygen atoms in total. The number of rotatable bonds is 3. The molecule has 0 radical (unpaired) electrons. The fourth-order valence-corrected chi connectivity index (χ4v) is 2.55. The summed E-state index contributed by atoms with van der Waals surface area (Å²) in [5.41, 5.74) is 1.52. The first-order valence-corrected chi connectivity index (χ1v) is 6.40. The Hall–Kier alpha value is -0.540. The van der Waals surface area contributed by atoms with Gasteiger partial charge in [0, 0.05) is 12.7 Å². The molecule has 1 aliphatic rings. The molecule has 0 aliphatic carbocycles. The van der Waals surface area contributed by atoms with Gasteiger partial charge in [0.2, 0.25) is 0 Å². The smallest absolute Gasteiger partial charge is 0.0948 e. The van der Waals surface area contributed by atoms with Gasteiger partial charge in [-0.3, -0.25) is 0 Å². The highest BCUT2D eigenvalue weighted by molar-refractivity contribution is 6.16. The SMILES string of the molecule is CN1CCC(C)(Cn2cncc2CCl)CC1. The Labute approximate surface area is 102 Å². The molecule has 2 heterocycles. The van der Waals surface area contributed by atoms with Gasteiger partial charge in [0.15, 0.2) is 0 Å². The van der Waals surface area contributed by atoms with E-state index in [0.717, 1.165) is 12.2 Å². The highest BCUT2D eigenvalue weighted by Crippen LogP contribution is 2.32. The molecule has 16 heavy (non-hydrogen) atoms. The lowest BCUT2D eigenvalue weighted by atomic mass is 9.80. The van der Waals surface area contributed by atoms with E-state index in [9.17, 15) is 0 Å². The molecule has 0 aromatic carbocycles. The van der Waals surface area contributed by atoms with E-state index in [1.54, 1.807) is 0 Å². The molecule has 1 aromatic rings. The molecule has 0 atom stereocenters. The summed E-state index contributed by atoms with van der Waals surface area (Å²) in [5.74, 6) is 0.552.